The summed E-state index contributed by atoms with van der Waals surface area (Å²) in [6.07, 6.45) is 5.51. The average Bonchev–Trinajstić information content (AvgIpc) is 2.57. The molecule has 25 heavy (non-hydrogen) atoms. The predicted octanol–water partition coefficient (Wildman–Crippen LogP) is 3.34. The summed E-state index contributed by atoms with van der Waals surface area (Å²) in [5.41, 5.74) is 0. The molecule has 152 valence electrons. The normalized spacial score (nSPS) is 18.1. The molecule has 0 aromatic heterocycles. The highest BCUT2D eigenvalue weighted by Crippen LogP contribution is 2.22. The molecule has 0 amide bonds. The molecule has 1 heterocycles. The first-order chi connectivity index (χ1) is 11.7. The van der Waals surface area contributed by atoms with Gasteiger partial charge in [-0.2, -0.15) is 0 Å². The fraction of sp³-hybridized carbons (Fsp3) is 1.00. The molecule has 0 N–H and O–H groups in total. The van der Waals surface area contributed by atoms with Crippen molar-refractivity contribution in [2.45, 2.75) is 65.5 Å². The predicted molar refractivity (Wildman–Crippen MR) is 114 cm³/mol. The minimum absolute atomic E-state index is 0.667. The number of piperidine rings is 1. The number of hydrogen-bond donors (Lipinski definition) is 0. The minimum atomic E-state index is 0.667. The van der Waals surface area contributed by atoms with Gasteiger partial charge in [-0.25, -0.2) is 0 Å². The zero-order chi connectivity index (χ0) is 19.4. The van der Waals surface area contributed by atoms with E-state index in [1.807, 2.05) is 0 Å². The summed E-state index contributed by atoms with van der Waals surface area (Å²) in [7, 11) is 10.7. The Kier molecular flexibility index (Phi) is 13.9. The van der Waals surface area contributed by atoms with E-state index in [1.165, 1.54) is 45.3 Å². The Morgan fingerprint density at radius 3 is 1.76 bits per heavy atom. The van der Waals surface area contributed by atoms with Crippen LogP contribution < -0.4 is 0 Å². The SMILES string of the molecule is CC(C)N(C)CCN(C)C.CCC(C)N1CCC(CCN(C)C)CC1. The van der Waals surface area contributed by atoms with Crippen molar-refractivity contribution in [3.05, 3.63) is 0 Å². The Hall–Kier alpha value is -0.160. The van der Waals surface area contributed by atoms with Gasteiger partial charge < -0.3 is 19.6 Å². The molecule has 1 unspecified atom stereocenters. The molecule has 0 bridgehead atoms. The fourth-order valence-electron chi connectivity index (χ4n) is 3.00. The molecule has 1 atom stereocenters. The number of rotatable bonds is 9. The first-order valence-electron chi connectivity index (χ1n) is 10.4. The second-order valence-electron chi connectivity index (χ2n) is 8.71. The largest absolute Gasteiger partial charge is 0.309 e. The van der Waals surface area contributed by atoms with Crippen molar-refractivity contribution < 1.29 is 0 Å². The van der Waals surface area contributed by atoms with Crippen molar-refractivity contribution >= 4 is 0 Å². The van der Waals surface area contributed by atoms with E-state index in [2.05, 4.69) is 82.5 Å². The second-order valence-corrected chi connectivity index (χ2v) is 8.71. The molecule has 0 saturated carbocycles. The molecule has 0 radical (unpaired) electrons. The first kappa shape index (κ1) is 24.8. The molecule has 1 aliphatic heterocycles. The van der Waals surface area contributed by atoms with E-state index < -0.39 is 0 Å². The van der Waals surface area contributed by atoms with Gasteiger partial charge in [0.15, 0.2) is 0 Å². The van der Waals surface area contributed by atoms with Gasteiger partial charge in [-0.1, -0.05) is 6.92 Å². The van der Waals surface area contributed by atoms with Gasteiger partial charge in [0.1, 0.15) is 0 Å². The molecule has 1 aliphatic rings. The van der Waals surface area contributed by atoms with Crippen LogP contribution in [0, 0.1) is 5.92 Å². The zero-order valence-corrected chi connectivity index (χ0v) is 18.9. The lowest BCUT2D eigenvalue weighted by molar-refractivity contribution is 0.131. The molecule has 4 nitrogen and oxygen atoms in total. The van der Waals surface area contributed by atoms with Crippen LogP contribution in [-0.4, -0.2) is 99.6 Å². The lowest BCUT2D eigenvalue weighted by atomic mass is 9.92. The lowest BCUT2D eigenvalue weighted by Crippen LogP contribution is -2.40. The summed E-state index contributed by atoms with van der Waals surface area (Å²) in [6, 6.07) is 1.46. The highest BCUT2D eigenvalue weighted by molar-refractivity contribution is 4.76. The monoisotopic (exact) mass is 356 g/mol. The van der Waals surface area contributed by atoms with Crippen molar-refractivity contribution in [1.29, 1.82) is 0 Å². The van der Waals surface area contributed by atoms with Crippen molar-refractivity contribution in [3.8, 4) is 0 Å². The van der Waals surface area contributed by atoms with Crippen molar-refractivity contribution in [2.75, 3.05) is 68.0 Å². The van der Waals surface area contributed by atoms with Gasteiger partial charge in [-0.15, -0.1) is 0 Å². The summed E-state index contributed by atoms with van der Waals surface area (Å²) in [5, 5.41) is 0. The van der Waals surface area contributed by atoms with Crippen LogP contribution >= 0.6 is 0 Å². The van der Waals surface area contributed by atoms with E-state index in [9.17, 15) is 0 Å². The first-order valence-corrected chi connectivity index (χ1v) is 10.4. The molecular weight excluding hydrogens is 308 g/mol. The molecule has 0 aromatic rings. The van der Waals surface area contributed by atoms with Crippen LogP contribution in [-0.2, 0) is 0 Å². The third-order valence-corrected chi connectivity index (χ3v) is 5.63. The van der Waals surface area contributed by atoms with Gasteiger partial charge >= 0.3 is 0 Å². The van der Waals surface area contributed by atoms with Gasteiger partial charge in [0.05, 0.1) is 0 Å². The highest BCUT2D eigenvalue weighted by Gasteiger charge is 2.21. The number of nitrogens with zero attached hydrogens (tertiary/aromatic N) is 4. The summed E-state index contributed by atoms with van der Waals surface area (Å²) >= 11 is 0. The van der Waals surface area contributed by atoms with Crippen LogP contribution in [0.1, 0.15) is 53.4 Å². The van der Waals surface area contributed by atoms with E-state index in [0.717, 1.165) is 25.0 Å². The Bertz CT molecular complexity index is 296. The maximum atomic E-state index is 2.66. The molecule has 1 rings (SSSR count). The third kappa shape index (κ3) is 12.8. The number of likely N-dealkylation sites (N-methyl/N-ethyl adjacent to an activating group) is 2. The van der Waals surface area contributed by atoms with Crippen molar-refractivity contribution in [3.63, 3.8) is 0 Å². The smallest absolute Gasteiger partial charge is 0.0109 e. The van der Waals surface area contributed by atoms with Crippen LogP contribution in [0.25, 0.3) is 0 Å². The van der Waals surface area contributed by atoms with E-state index in [1.54, 1.807) is 0 Å². The van der Waals surface area contributed by atoms with Crippen LogP contribution in [0.15, 0.2) is 0 Å². The molecule has 0 spiro atoms. The van der Waals surface area contributed by atoms with E-state index in [4.69, 9.17) is 0 Å². The Labute approximate surface area is 159 Å². The zero-order valence-electron chi connectivity index (χ0n) is 18.9. The minimum Gasteiger partial charge on any atom is -0.309 e. The lowest BCUT2D eigenvalue weighted by Gasteiger charge is -2.36. The summed E-state index contributed by atoms with van der Waals surface area (Å²) in [6.45, 7) is 15.3. The van der Waals surface area contributed by atoms with Crippen LogP contribution in [0.3, 0.4) is 0 Å². The topological polar surface area (TPSA) is 13.0 Å². The summed E-state index contributed by atoms with van der Waals surface area (Å²) < 4.78 is 0. The quantitative estimate of drug-likeness (QED) is 0.628. The standard InChI is InChI=1S/C13H28N2.C8H20N2/c1-5-12(2)15-10-7-13(8-11-15)6-9-14(3)4;1-8(2)10(5)7-6-9(3)4/h12-13H,5-11H2,1-4H3;8H,6-7H2,1-5H3. The van der Waals surface area contributed by atoms with Gasteiger partial charge in [0.2, 0.25) is 0 Å². The molecule has 0 aromatic carbocycles. The molecule has 1 saturated heterocycles. The summed E-state index contributed by atoms with van der Waals surface area (Å²) in [5.74, 6) is 0.979. The number of likely N-dealkylation sites (tertiary alicyclic amines) is 1. The van der Waals surface area contributed by atoms with Crippen molar-refractivity contribution in [2.24, 2.45) is 5.92 Å². The molecular formula is C21H48N4. The average molecular weight is 357 g/mol. The molecule has 1 fully saturated rings. The maximum absolute atomic E-state index is 2.66. The van der Waals surface area contributed by atoms with Gasteiger partial charge in [-0.05, 0) is 107 Å². The Morgan fingerprint density at radius 2 is 1.36 bits per heavy atom. The summed E-state index contributed by atoms with van der Waals surface area (Å²) in [4.78, 5) is 9.52. The third-order valence-electron chi connectivity index (χ3n) is 5.63. The van der Waals surface area contributed by atoms with Crippen LogP contribution in [0.2, 0.25) is 0 Å². The maximum Gasteiger partial charge on any atom is 0.0109 e. The van der Waals surface area contributed by atoms with Crippen molar-refractivity contribution in [1.82, 2.24) is 19.6 Å². The second kappa shape index (κ2) is 14.0. The fourth-order valence-corrected chi connectivity index (χ4v) is 3.00. The van der Waals surface area contributed by atoms with E-state index in [0.29, 0.717) is 6.04 Å². The van der Waals surface area contributed by atoms with Gasteiger partial charge in [0, 0.05) is 25.2 Å². The molecule has 0 aliphatic carbocycles. The van der Waals surface area contributed by atoms with E-state index in [-0.39, 0.29) is 0 Å². The number of hydrogen-bond acceptors (Lipinski definition) is 4. The van der Waals surface area contributed by atoms with Crippen LogP contribution in [0.5, 0.6) is 0 Å². The van der Waals surface area contributed by atoms with Gasteiger partial charge in [-0.3, -0.25) is 0 Å². The van der Waals surface area contributed by atoms with Crippen LogP contribution in [0.4, 0.5) is 0 Å². The highest BCUT2D eigenvalue weighted by atomic mass is 15.2. The Balaban J connectivity index is 0.000000504. The molecule has 4 heteroatoms. The Morgan fingerprint density at radius 1 is 0.840 bits per heavy atom. The van der Waals surface area contributed by atoms with Gasteiger partial charge in [0.25, 0.3) is 0 Å². The van der Waals surface area contributed by atoms with E-state index >= 15 is 0 Å².